The summed E-state index contributed by atoms with van der Waals surface area (Å²) >= 11 is 0. The summed E-state index contributed by atoms with van der Waals surface area (Å²) in [5.74, 6) is 0.926. The lowest BCUT2D eigenvalue weighted by molar-refractivity contribution is 0.102. The minimum Gasteiger partial charge on any atom is -0.367 e. The SMILES string of the molecule is CN1CCC(Nc2cc(C(=O)Nc3cc4nc(-c5cnn(C)c5)ccc4cn3)ccn2)CC1. The number of nitrogens with zero attached hydrogens (tertiary/aromatic N) is 6. The van der Waals surface area contributed by atoms with Gasteiger partial charge in [0.15, 0.2) is 0 Å². The number of carbonyl (C=O) groups is 1. The average molecular weight is 443 g/mol. The second-order valence-corrected chi connectivity index (χ2v) is 8.47. The van der Waals surface area contributed by atoms with Gasteiger partial charge in [-0.3, -0.25) is 9.48 Å². The summed E-state index contributed by atoms with van der Waals surface area (Å²) in [7, 11) is 4.01. The number of hydrogen-bond donors (Lipinski definition) is 2. The van der Waals surface area contributed by atoms with Crippen LogP contribution in [0.25, 0.3) is 22.2 Å². The zero-order chi connectivity index (χ0) is 22.8. The monoisotopic (exact) mass is 442 g/mol. The van der Waals surface area contributed by atoms with Crippen LogP contribution in [0.5, 0.6) is 0 Å². The molecular weight excluding hydrogens is 416 g/mol. The minimum absolute atomic E-state index is 0.237. The molecule has 4 aromatic rings. The van der Waals surface area contributed by atoms with Crippen molar-refractivity contribution in [3.63, 3.8) is 0 Å². The third-order valence-corrected chi connectivity index (χ3v) is 5.91. The van der Waals surface area contributed by atoms with Crippen molar-refractivity contribution < 1.29 is 4.79 Å². The highest BCUT2D eigenvalue weighted by Crippen LogP contribution is 2.22. The Morgan fingerprint density at radius 1 is 1.03 bits per heavy atom. The number of likely N-dealkylation sites (tertiary alicyclic amines) is 1. The number of carbonyl (C=O) groups excluding carboxylic acids is 1. The van der Waals surface area contributed by atoms with Gasteiger partial charge in [0.05, 0.1) is 17.4 Å². The van der Waals surface area contributed by atoms with E-state index >= 15 is 0 Å². The molecule has 1 saturated heterocycles. The van der Waals surface area contributed by atoms with Crippen molar-refractivity contribution in [1.29, 1.82) is 0 Å². The Labute approximate surface area is 191 Å². The molecule has 1 amide bonds. The van der Waals surface area contributed by atoms with Crippen molar-refractivity contribution in [2.45, 2.75) is 18.9 Å². The fraction of sp³-hybridized carbons (Fsp3) is 0.292. The Morgan fingerprint density at radius 2 is 1.88 bits per heavy atom. The average Bonchev–Trinajstić information content (AvgIpc) is 3.26. The van der Waals surface area contributed by atoms with Gasteiger partial charge in [-0.25, -0.2) is 15.0 Å². The van der Waals surface area contributed by atoms with Crippen molar-refractivity contribution >= 4 is 28.4 Å². The summed E-state index contributed by atoms with van der Waals surface area (Å²) in [5.41, 5.74) is 3.03. The fourth-order valence-electron chi connectivity index (χ4n) is 4.00. The largest absolute Gasteiger partial charge is 0.367 e. The number of aryl methyl sites for hydroxylation is 1. The number of nitrogens with one attached hydrogen (secondary N) is 2. The van der Waals surface area contributed by atoms with Crippen molar-refractivity contribution in [3.05, 3.63) is 60.7 Å². The van der Waals surface area contributed by atoms with Crippen molar-refractivity contribution in [2.24, 2.45) is 7.05 Å². The molecule has 0 unspecified atom stereocenters. The zero-order valence-corrected chi connectivity index (χ0v) is 18.7. The van der Waals surface area contributed by atoms with E-state index in [0.717, 1.165) is 48.1 Å². The molecule has 0 saturated carbocycles. The third kappa shape index (κ3) is 4.83. The molecule has 0 bridgehead atoms. The van der Waals surface area contributed by atoms with Crippen LogP contribution in [0.15, 0.2) is 55.1 Å². The number of piperidine rings is 1. The summed E-state index contributed by atoms with van der Waals surface area (Å²) < 4.78 is 1.74. The number of hydrogen-bond acceptors (Lipinski definition) is 7. The Balaban J connectivity index is 1.31. The molecule has 0 atom stereocenters. The maximum atomic E-state index is 12.9. The predicted octanol–water partition coefficient (Wildman–Crippen LogP) is 3.18. The number of amides is 1. The van der Waals surface area contributed by atoms with Crippen LogP contribution in [0.1, 0.15) is 23.2 Å². The molecule has 168 valence electrons. The molecule has 0 radical (unpaired) electrons. The zero-order valence-electron chi connectivity index (χ0n) is 18.7. The van der Waals surface area contributed by atoms with Gasteiger partial charge < -0.3 is 15.5 Å². The quantitative estimate of drug-likeness (QED) is 0.489. The number of pyridine rings is 3. The molecule has 0 aromatic carbocycles. The molecule has 4 aromatic heterocycles. The van der Waals surface area contributed by atoms with Crippen molar-refractivity contribution in [1.82, 2.24) is 29.6 Å². The van der Waals surface area contributed by atoms with E-state index in [0.29, 0.717) is 23.2 Å². The first-order chi connectivity index (χ1) is 16.0. The van der Waals surface area contributed by atoms with E-state index in [-0.39, 0.29) is 5.91 Å². The van der Waals surface area contributed by atoms with E-state index in [4.69, 9.17) is 4.98 Å². The van der Waals surface area contributed by atoms with E-state index in [2.05, 4.69) is 37.6 Å². The summed E-state index contributed by atoms with van der Waals surface area (Å²) in [6.07, 6.45) is 9.18. The number of fused-ring (bicyclic) bond motifs is 1. The molecule has 9 heteroatoms. The van der Waals surface area contributed by atoms with Crippen molar-refractivity contribution in [2.75, 3.05) is 30.8 Å². The Hall–Kier alpha value is -3.85. The number of aromatic nitrogens is 5. The molecule has 5 heterocycles. The van der Waals surface area contributed by atoms with Gasteiger partial charge >= 0.3 is 0 Å². The van der Waals surface area contributed by atoms with E-state index in [1.165, 1.54) is 0 Å². The Kier molecular flexibility index (Phi) is 5.70. The van der Waals surface area contributed by atoms with Crippen LogP contribution in [0.2, 0.25) is 0 Å². The molecular formula is C24H26N8O. The maximum Gasteiger partial charge on any atom is 0.257 e. The maximum absolute atomic E-state index is 12.9. The van der Waals surface area contributed by atoms with E-state index in [9.17, 15) is 4.79 Å². The van der Waals surface area contributed by atoms with Crippen LogP contribution in [-0.4, -0.2) is 61.7 Å². The van der Waals surface area contributed by atoms with Gasteiger partial charge in [-0.05, 0) is 57.2 Å². The summed E-state index contributed by atoms with van der Waals surface area (Å²) in [6, 6.07) is 9.55. The van der Waals surface area contributed by atoms with Crippen LogP contribution in [0.3, 0.4) is 0 Å². The highest BCUT2D eigenvalue weighted by molar-refractivity contribution is 6.04. The van der Waals surface area contributed by atoms with Gasteiger partial charge in [0.25, 0.3) is 5.91 Å². The molecule has 5 rings (SSSR count). The highest BCUT2D eigenvalue weighted by Gasteiger charge is 2.17. The second-order valence-electron chi connectivity index (χ2n) is 8.47. The van der Waals surface area contributed by atoms with Crippen LogP contribution >= 0.6 is 0 Å². The van der Waals surface area contributed by atoms with Crippen LogP contribution in [0, 0.1) is 0 Å². The standard InChI is InChI=1S/C24H26N8O/c1-31-9-6-19(7-10-31)28-22-11-16(5-8-25-22)24(33)30-23-12-21-17(13-26-23)3-4-20(29-21)18-14-27-32(2)15-18/h3-5,8,11-15,19H,6-7,9-10H2,1-2H3,(H,25,28)(H,26,30,33). The van der Waals surface area contributed by atoms with Crippen molar-refractivity contribution in [3.8, 4) is 11.3 Å². The second kappa shape index (κ2) is 8.95. The fourth-order valence-corrected chi connectivity index (χ4v) is 4.00. The molecule has 1 fully saturated rings. The lowest BCUT2D eigenvalue weighted by atomic mass is 10.1. The highest BCUT2D eigenvalue weighted by atomic mass is 16.1. The lowest BCUT2D eigenvalue weighted by Crippen LogP contribution is -2.36. The first-order valence-electron chi connectivity index (χ1n) is 11.0. The van der Waals surface area contributed by atoms with Gasteiger partial charge in [0, 0.05) is 54.3 Å². The molecule has 0 spiro atoms. The Morgan fingerprint density at radius 3 is 2.67 bits per heavy atom. The Bertz CT molecular complexity index is 1290. The van der Waals surface area contributed by atoms with Gasteiger partial charge in [-0.2, -0.15) is 5.10 Å². The first kappa shape index (κ1) is 21.0. The molecule has 1 aliphatic rings. The number of rotatable bonds is 5. The van der Waals surface area contributed by atoms with Gasteiger partial charge in [0.1, 0.15) is 11.6 Å². The number of anilines is 2. The van der Waals surface area contributed by atoms with Gasteiger partial charge in [0.2, 0.25) is 0 Å². The van der Waals surface area contributed by atoms with Crippen LogP contribution in [0.4, 0.5) is 11.6 Å². The predicted molar refractivity (Wildman–Crippen MR) is 128 cm³/mol. The smallest absolute Gasteiger partial charge is 0.257 e. The molecule has 33 heavy (non-hydrogen) atoms. The molecule has 9 nitrogen and oxygen atoms in total. The van der Waals surface area contributed by atoms with Gasteiger partial charge in [-0.1, -0.05) is 0 Å². The minimum atomic E-state index is -0.237. The van der Waals surface area contributed by atoms with E-state index < -0.39 is 0 Å². The summed E-state index contributed by atoms with van der Waals surface area (Å²) in [4.78, 5) is 28.7. The molecule has 2 N–H and O–H groups in total. The lowest BCUT2D eigenvalue weighted by Gasteiger charge is -2.29. The van der Waals surface area contributed by atoms with E-state index in [1.807, 2.05) is 25.4 Å². The first-order valence-corrected chi connectivity index (χ1v) is 11.0. The normalized spacial score (nSPS) is 15.0. The molecule has 1 aliphatic heterocycles. The van der Waals surface area contributed by atoms with Crippen LogP contribution in [-0.2, 0) is 7.05 Å². The third-order valence-electron chi connectivity index (χ3n) is 5.91. The van der Waals surface area contributed by atoms with Gasteiger partial charge in [-0.15, -0.1) is 0 Å². The topological polar surface area (TPSA) is 101 Å². The molecule has 0 aliphatic carbocycles. The summed E-state index contributed by atoms with van der Waals surface area (Å²) in [5, 5.41) is 11.4. The van der Waals surface area contributed by atoms with Crippen LogP contribution < -0.4 is 10.6 Å². The summed E-state index contributed by atoms with van der Waals surface area (Å²) in [6.45, 7) is 2.12. The van der Waals surface area contributed by atoms with E-state index in [1.54, 1.807) is 41.5 Å².